The fourth-order valence-electron chi connectivity index (χ4n) is 4.84. The van der Waals surface area contributed by atoms with Crippen molar-refractivity contribution < 1.29 is 9.59 Å². The van der Waals surface area contributed by atoms with Crippen LogP contribution in [0.5, 0.6) is 0 Å². The number of rotatable bonds is 3. The van der Waals surface area contributed by atoms with E-state index in [1.165, 1.54) is 38.5 Å². The van der Waals surface area contributed by atoms with E-state index < -0.39 is 0 Å². The van der Waals surface area contributed by atoms with E-state index in [1.54, 1.807) is 0 Å². The average molecular weight is 291 g/mol. The Balaban J connectivity index is 1.55. The lowest BCUT2D eigenvalue weighted by atomic mass is 9.67. The lowest BCUT2D eigenvalue weighted by Crippen LogP contribution is -2.44. The number of ketones is 1. The highest BCUT2D eigenvalue weighted by atomic mass is 16.2. The van der Waals surface area contributed by atoms with Gasteiger partial charge in [-0.05, 0) is 44.4 Å². The van der Waals surface area contributed by atoms with E-state index in [-0.39, 0.29) is 17.8 Å². The van der Waals surface area contributed by atoms with Crippen molar-refractivity contribution in [2.75, 3.05) is 13.6 Å². The molecule has 0 heterocycles. The molecular weight excluding hydrogens is 262 g/mol. The van der Waals surface area contributed by atoms with Gasteiger partial charge >= 0.3 is 0 Å². The number of carbonyl (C=O) groups excluding carboxylic acids is 2. The fraction of sp³-hybridized carbons (Fsp3) is 0.889. The summed E-state index contributed by atoms with van der Waals surface area (Å²) in [4.78, 5) is 26.8. The Morgan fingerprint density at radius 2 is 1.62 bits per heavy atom. The van der Waals surface area contributed by atoms with E-state index in [1.807, 2.05) is 11.9 Å². The summed E-state index contributed by atoms with van der Waals surface area (Å²) < 4.78 is 0. The molecule has 3 fully saturated rings. The van der Waals surface area contributed by atoms with Crippen molar-refractivity contribution in [2.45, 2.75) is 64.2 Å². The Morgan fingerprint density at radius 1 is 1.00 bits per heavy atom. The highest BCUT2D eigenvalue weighted by Gasteiger charge is 2.42. The Hall–Kier alpha value is -0.860. The van der Waals surface area contributed by atoms with Gasteiger partial charge in [0.15, 0.2) is 0 Å². The molecule has 0 radical (unpaired) electrons. The Labute approximate surface area is 128 Å². The number of nitrogens with zero attached hydrogens (tertiary/aromatic N) is 1. The van der Waals surface area contributed by atoms with Crippen LogP contribution in [-0.4, -0.2) is 30.2 Å². The maximum Gasteiger partial charge on any atom is 0.225 e. The van der Waals surface area contributed by atoms with Crippen molar-refractivity contribution in [1.82, 2.24) is 4.90 Å². The van der Waals surface area contributed by atoms with E-state index in [0.717, 1.165) is 32.2 Å². The molecule has 1 amide bonds. The quantitative estimate of drug-likeness (QED) is 0.799. The first-order valence-electron chi connectivity index (χ1n) is 8.94. The van der Waals surface area contributed by atoms with Gasteiger partial charge in [-0.2, -0.15) is 0 Å². The van der Waals surface area contributed by atoms with Gasteiger partial charge in [0.1, 0.15) is 5.78 Å². The normalized spacial score (nSPS) is 33.8. The third-order valence-electron chi connectivity index (χ3n) is 6.03. The van der Waals surface area contributed by atoms with Gasteiger partial charge in [-0.25, -0.2) is 0 Å². The van der Waals surface area contributed by atoms with Crippen LogP contribution in [0.1, 0.15) is 64.2 Å². The molecule has 0 spiro atoms. The second-order valence-electron chi connectivity index (χ2n) is 7.62. The lowest BCUT2D eigenvalue weighted by Gasteiger charge is -2.38. The molecule has 3 rings (SSSR count). The molecule has 3 saturated carbocycles. The standard InChI is InChI=1S/C18H29NO2/c1-19(12-13-6-3-2-4-7-13)18(21)16-10-14-8-5-9-15(11-16)17(14)20/h13-16H,2-12H2,1H3/t14-,15+,16?. The minimum absolute atomic E-state index is 0.117. The summed E-state index contributed by atoms with van der Waals surface area (Å²) >= 11 is 0. The monoisotopic (exact) mass is 291 g/mol. The molecule has 3 heteroatoms. The van der Waals surface area contributed by atoms with Crippen LogP contribution in [0.4, 0.5) is 0 Å². The molecule has 3 aliphatic rings. The number of hydrogen-bond acceptors (Lipinski definition) is 2. The molecule has 0 saturated heterocycles. The summed E-state index contributed by atoms with van der Waals surface area (Å²) in [5.74, 6) is 1.97. The van der Waals surface area contributed by atoms with Crippen molar-refractivity contribution in [3.63, 3.8) is 0 Å². The minimum atomic E-state index is 0.117. The van der Waals surface area contributed by atoms with Crippen LogP contribution in [0.2, 0.25) is 0 Å². The molecule has 0 aromatic carbocycles. The van der Waals surface area contributed by atoms with Gasteiger partial charge in [-0.3, -0.25) is 9.59 Å². The third kappa shape index (κ3) is 3.32. The van der Waals surface area contributed by atoms with Crippen LogP contribution in [0.15, 0.2) is 0 Å². The fourth-order valence-corrected chi connectivity index (χ4v) is 4.84. The topological polar surface area (TPSA) is 37.4 Å². The maximum atomic E-state index is 12.7. The smallest absolute Gasteiger partial charge is 0.225 e. The highest BCUT2D eigenvalue weighted by Crippen LogP contribution is 2.40. The molecule has 3 atom stereocenters. The van der Waals surface area contributed by atoms with Gasteiger partial charge in [0.05, 0.1) is 0 Å². The zero-order valence-corrected chi connectivity index (χ0v) is 13.4. The number of Topliss-reactive ketones (excluding diaryl/α,β-unsaturated/α-hetero) is 1. The van der Waals surface area contributed by atoms with Crippen molar-refractivity contribution in [2.24, 2.45) is 23.7 Å². The Morgan fingerprint density at radius 3 is 2.24 bits per heavy atom. The van der Waals surface area contributed by atoms with E-state index in [2.05, 4.69) is 0 Å². The number of fused-ring (bicyclic) bond motifs is 2. The molecule has 0 aliphatic heterocycles. The van der Waals surface area contributed by atoms with Gasteiger partial charge in [0, 0.05) is 31.3 Å². The summed E-state index contributed by atoms with van der Waals surface area (Å²) in [6.45, 7) is 0.929. The van der Waals surface area contributed by atoms with Gasteiger partial charge in [-0.1, -0.05) is 25.7 Å². The molecule has 0 N–H and O–H groups in total. The summed E-state index contributed by atoms with van der Waals surface area (Å²) in [5.41, 5.74) is 0. The molecular formula is C18H29NO2. The Kier molecular flexibility index (Phi) is 4.66. The van der Waals surface area contributed by atoms with Crippen molar-refractivity contribution in [3.8, 4) is 0 Å². The van der Waals surface area contributed by atoms with Crippen molar-refractivity contribution in [3.05, 3.63) is 0 Å². The first kappa shape index (κ1) is 15.1. The SMILES string of the molecule is CN(CC1CCCCC1)C(=O)C1C[C@H]2CCC[C@@H](C1)C2=O. The first-order chi connectivity index (χ1) is 10.1. The van der Waals surface area contributed by atoms with Crippen LogP contribution in [0.25, 0.3) is 0 Å². The van der Waals surface area contributed by atoms with Crippen LogP contribution < -0.4 is 0 Å². The van der Waals surface area contributed by atoms with Crippen LogP contribution in [0.3, 0.4) is 0 Å². The summed E-state index contributed by atoms with van der Waals surface area (Å²) in [7, 11) is 1.98. The van der Waals surface area contributed by atoms with Gasteiger partial charge in [0.25, 0.3) is 0 Å². The van der Waals surface area contributed by atoms with Crippen molar-refractivity contribution in [1.29, 1.82) is 0 Å². The lowest BCUT2D eigenvalue weighted by molar-refractivity contribution is -0.142. The van der Waals surface area contributed by atoms with E-state index >= 15 is 0 Å². The summed E-state index contributed by atoms with van der Waals surface area (Å²) in [5, 5.41) is 0. The summed E-state index contributed by atoms with van der Waals surface area (Å²) in [6, 6.07) is 0. The summed E-state index contributed by atoms with van der Waals surface area (Å²) in [6.07, 6.45) is 11.5. The molecule has 2 bridgehead atoms. The van der Waals surface area contributed by atoms with Gasteiger partial charge in [-0.15, -0.1) is 0 Å². The number of amides is 1. The molecule has 1 unspecified atom stereocenters. The molecule has 21 heavy (non-hydrogen) atoms. The number of carbonyl (C=O) groups is 2. The van der Waals surface area contributed by atoms with E-state index in [4.69, 9.17) is 0 Å². The number of hydrogen-bond donors (Lipinski definition) is 0. The van der Waals surface area contributed by atoms with Gasteiger partial charge < -0.3 is 4.90 Å². The Bertz CT molecular complexity index is 384. The third-order valence-corrected chi connectivity index (χ3v) is 6.03. The minimum Gasteiger partial charge on any atom is -0.345 e. The second-order valence-corrected chi connectivity index (χ2v) is 7.62. The molecule has 3 nitrogen and oxygen atoms in total. The first-order valence-corrected chi connectivity index (χ1v) is 8.94. The van der Waals surface area contributed by atoms with E-state index in [9.17, 15) is 9.59 Å². The second kappa shape index (κ2) is 6.50. The largest absolute Gasteiger partial charge is 0.345 e. The van der Waals surface area contributed by atoms with Crippen LogP contribution >= 0.6 is 0 Å². The average Bonchev–Trinajstić information content (AvgIpc) is 2.47. The molecule has 0 aromatic heterocycles. The molecule has 0 aromatic rings. The van der Waals surface area contributed by atoms with Crippen molar-refractivity contribution >= 4 is 11.7 Å². The molecule has 118 valence electrons. The molecule has 3 aliphatic carbocycles. The predicted octanol–water partition coefficient (Wildman–Crippen LogP) is 3.42. The zero-order chi connectivity index (χ0) is 14.8. The highest BCUT2D eigenvalue weighted by molar-refractivity contribution is 5.88. The zero-order valence-electron chi connectivity index (χ0n) is 13.4. The van der Waals surface area contributed by atoms with E-state index in [0.29, 0.717) is 17.6 Å². The van der Waals surface area contributed by atoms with Gasteiger partial charge in [0.2, 0.25) is 5.91 Å². The van der Waals surface area contributed by atoms with Crippen LogP contribution in [-0.2, 0) is 9.59 Å². The maximum absolute atomic E-state index is 12.7. The van der Waals surface area contributed by atoms with Crippen LogP contribution in [0, 0.1) is 23.7 Å². The predicted molar refractivity (Wildman–Crippen MR) is 82.8 cm³/mol.